The number of aliphatic carboxylic acids is 1. The van der Waals surface area contributed by atoms with E-state index in [2.05, 4.69) is 0 Å². The minimum Gasteiger partial charge on any atom is -0.479 e. The van der Waals surface area contributed by atoms with Gasteiger partial charge < -0.3 is 15.6 Å². The fourth-order valence-corrected chi connectivity index (χ4v) is 3.10. The molecule has 3 aromatic rings. The lowest BCUT2D eigenvalue weighted by atomic mass is 10.0. The van der Waals surface area contributed by atoms with Gasteiger partial charge in [-0.25, -0.2) is 14.5 Å². The highest BCUT2D eigenvalue weighted by Crippen LogP contribution is 2.26. The predicted molar refractivity (Wildman–Crippen MR) is 114 cm³/mol. The zero-order valence-electron chi connectivity index (χ0n) is 16.6. The van der Waals surface area contributed by atoms with E-state index in [1.54, 1.807) is 72.8 Å². The van der Waals surface area contributed by atoms with Gasteiger partial charge in [0.2, 0.25) is 0 Å². The molecular formula is C24H22N2O5. The molecule has 0 bridgehead atoms. The first kappa shape index (κ1) is 21.7. The first-order valence-electron chi connectivity index (χ1n) is 9.61. The molecule has 3 rings (SSSR count). The smallest absolute Gasteiger partial charge is 0.418 e. The molecule has 0 aliphatic rings. The molecule has 7 heteroatoms. The average Bonchev–Trinajstić information content (AvgIpc) is 2.81. The summed E-state index contributed by atoms with van der Waals surface area (Å²) in [7, 11) is 0. The number of nitrogens with two attached hydrogens (primary N) is 1. The lowest BCUT2D eigenvalue weighted by Crippen LogP contribution is -2.47. The van der Waals surface area contributed by atoms with Crippen molar-refractivity contribution in [2.45, 2.75) is 18.7 Å². The number of hydrogen-bond donors (Lipinski definition) is 2. The molecule has 0 heterocycles. The minimum atomic E-state index is -1.59. The molecule has 2 amide bonds. The zero-order valence-corrected chi connectivity index (χ0v) is 16.6. The topological polar surface area (TPSA) is 110 Å². The molecule has 2 atom stereocenters. The second-order valence-electron chi connectivity index (χ2n) is 6.79. The lowest BCUT2D eigenvalue weighted by Gasteiger charge is -2.29. The Morgan fingerprint density at radius 1 is 0.806 bits per heavy atom. The largest absolute Gasteiger partial charge is 0.479 e. The standard InChI is InChI=1S/C24H22N2O5/c25-20(18-12-6-2-7-13-18)22(27)26(21(23(28)29)19-14-8-3-9-15-19)24(30)31-16-17-10-4-1-5-11-17/h1-15,20-21H,16,25H2,(H,28,29)/t20-,21-/m0/s1. The average molecular weight is 418 g/mol. The zero-order chi connectivity index (χ0) is 22.2. The summed E-state index contributed by atoms with van der Waals surface area (Å²) in [5.74, 6) is -2.25. The van der Waals surface area contributed by atoms with Crippen LogP contribution in [0.25, 0.3) is 0 Å². The van der Waals surface area contributed by atoms with Crippen LogP contribution in [-0.4, -0.2) is 28.0 Å². The van der Waals surface area contributed by atoms with Gasteiger partial charge in [0.1, 0.15) is 12.6 Å². The summed E-state index contributed by atoms with van der Waals surface area (Å²) < 4.78 is 5.30. The maximum absolute atomic E-state index is 13.3. The Labute approximate surface area is 179 Å². The van der Waals surface area contributed by atoms with Crippen molar-refractivity contribution in [3.8, 4) is 0 Å². The summed E-state index contributed by atoms with van der Waals surface area (Å²) >= 11 is 0. The molecule has 0 unspecified atom stereocenters. The number of carbonyl (C=O) groups excluding carboxylic acids is 2. The normalized spacial score (nSPS) is 12.4. The van der Waals surface area contributed by atoms with Crippen molar-refractivity contribution in [1.29, 1.82) is 0 Å². The van der Waals surface area contributed by atoms with Gasteiger partial charge in [-0.2, -0.15) is 0 Å². The number of rotatable bonds is 7. The molecular weight excluding hydrogens is 396 g/mol. The third-order valence-corrected chi connectivity index (χ3v) is 4.67. The van der Waals surface area contributed by atoms with E-state index in [4.69, 9.17) is 10.5 Å². The van der Waals surface area contributed by atoms with E-state index in [0.717, 1.165) is 0 Å². The molecule has 0 spiro atoms. The van der Waals surface area contributed by atoms with E-state index in [9.17, 15) is 19.5 Å². The van der Waals surface area contributed by atoms with Gasteiger partial charge in [-0.3, -0.25) is 4.79 Å². The second kappa shape index (κ2) is 10.2. The number of ether oxygens (including phenoxy) is 1. The Morgan fingerprint density at radius 2 is 1.29 bits per heavy atom. The van der Waals surface area contributed by atoms with Crippen molar-refractivity contribution in [2.75, 3.05) is 0 Å². The van der Waals surface area contributed by atoms with Crippen LogP contribution in [-0.2, 0) is 20.9 Å². The van der Waals surface area contributed by atoms with Crippen molar-refractivity contribution in [2.24, 2.45) is 5.73 Å². The lowest BCUT2D eigenvalue weighted by molar-refractivity contribution is -0.149. The number of imide groups is 1. The van der Waals surface area contributed by atoms with Crippen LogP contribution in [0.3, 0.4) is 0 Å². The highest BCUT2D eigenvalue weighted by atomic mass is 16.6. The van der Waals surface area contributed by atoms with Gasteiger partial charge in [-0.15, -0.1) is 0 Å². The van der Waals surface area contributed by atoms with Gasteiger partial charge in [0.25, 0.3) is 5.91 Å². The van der Waals surface area contributed by atoms with E-state index in [1.165, 1.54) is 12.1 Å². The minimum absolute atomic E-state index is 0.120. The van der Waals surface area contributed by atoms with Gasteiger partial charge in [-0.1, -0.05) is 91.0 Å². The van der Waals surface area contributed by atoms with Crippen molar-refractivity contribution in [1.82, 2.24) is 4.90 Å². The van der Waals surface area contributed by atoms with Crippen molar-refractivity contribution >= 4 is 18.0 Å². The predicted octanol–water partition coefficient (Wildman–Crippen LogP) is 3.68. The van der Waals surface area contributed by atoms with E-state index >= 15 is 0 Å². The van der Waals surface area contributed by atoms with Crippen molar-refractivity contribution in [3.63, 3.8) is 0 Å². The summed E-state index contributed by atoms with van der Waals surface area (Å²) in [5, 5.41) is 9.89. The van der Waals surface area contributed by atoms with Gasteiger partial charge >= 0.3 is 12.1 Å². The third-order valence-electron chi connectivity index (χ3n) is 4.67. The monoisotopic (exact) mass is 418 g/mol. The number of benzene rings is 3. The van der Waals surface area contributed by atoms with Crippen LogP contribution < -0.4 is 5.73 Å². The molecule has 0 saturated carbocycles. The molecule has 0 aliphatic heterocycles. The van der Waals surface area contributed by atoms with E-state index in [-0.39, 0.29) is 12.2 Å². The van der Waals surface area contributed by atoms with Crippen LogP contribution in [0.2, 0.25) is 0 Å². The van der Waals surface area contributed by atoms with E-state index in [0.29, 0.717) is 16.0 Å². The summed E-state index contributed by atoms with van der Waals surface area (Å²) in [6, 6.07) is 22.5. The number of nitrogens with zero attached hydrogens (tertiary/aromatic N) is 1. The molecule has 7 nitrogen and oxygen atoms in total. The van der Waals surface area contributed by atoms with Gasteiger partial charge in [0.05, 0.1) is 0 Å². The first-order chi connectivity index (χ1) is 15.0. The maximum atomic E-state index is 13.3. The van der Waals surface area contributed by atoms with Crippen LogP contribution in [0.5, 0.6) is 0 Å². The van der Waals surface area contributed by atoms with Crippen molar-refractivity contribution < 1.29 is 24.2 Å². The van der Waals surface area contributed by atoms with Gasteiger partial charge in [-0.05, 0) is 16.7 Å². The second-order valence-corrected chi connectivity index (χ2v) is 6.79. The van der Waals surface area contributed by atoms with E-state index in [1.807, 2.05) is 6.07 Å². The highest BCUT2D eigenvalue weighted by molar-refractivity contribution is 5.99. The van der Waals surface area contributed by atoms with Gasteiger partial charge in [0, 0.05) is 0 Å². The molecule has 158 valence electrons. The molecule has 0 radical (unpaired) electrons. The fourth-order valence-electron chi connectivity index (χ4n) is 3.10. The Kier molecular flexibility index (Phi) is 7.13. The van der Waals surface area contributed by atoms with Crippen LogP contribution in [0.15, 0.2) is 91.0 Å². The molecule has 31 heavy (non-hydrogen) atoms. The number of amides is 2. The number of hydrogen-bond acceptors (Lipinski definition) is 5. The molecule has 0 fully saturated rings. The highest BCUT2D eigenvalue weighted by Gasteiger charge is 2.39. The number of carboxylic acids is 1. The maximum Gasteiger partial charge on any atom is 0.418 e. The molecule has 3 N–H and O–H groups in total. The summed E-state index contributed by atoms with van der Waals surface area (Å²) in [5.41, 5.74) is 7.50. The first-order valence-corrected chi connectivity index (χ1v) is 9.61. The summed E-state index contributed by atoms with van der Waals surface area (Å²) in [4.78, 5) is 39.0. The van der Waals surface area contributed by atoms with Crippen LogP contribution in [0.1, 0.15) is 28.8 Å². The number of carboxylic acid groups (broad SMARTS) is 1. The Morgan fingerprint density at radius 3 is 1.81 bits per heavy atom. The molecule has 0 aliphatic carbocycles. The summed E-state index contributed by atoms with van der Waals surface area (Å²) in [6.45, 7) is -0.120. The molecule has 0 saturated heterocycles. The SMILES string of the molecule is N[C@H](C(=O)N(C(=O)OCc1ccccc1)[C@H](C(=O)O)c1ccccc1)c1ccccc1. The van der Waals surface area contributed by atoms with Crippen LogP contribution >= 0.6 is 0 Å². The quantitative estimate of drug-likeness (QED) is 0.606. The summed E-state index contributed by atoms with van der Waals surface area (Å²) in [6.07, 6.45) is -1.09. The Bertz CT molecular complexity index is 1030. The Hall–Kier alpha value is -3.97. The molecule has 3 aromatic carbocycles. The Balaban J connectivity index is 1.94. The van der Waals surface area contributed by atoms with Crippen molar-refractivity contribution in [3.05, 3.63) is 108 Å². The van der Waals surface area contributed by atoms with Gasteiger partial charge in [0.15, 0.2) is 6.04 Å². The fraction of sp³-hybridized carbons (Fsp3) is 0.125. The van der Waals surface area contributed by atoms with Crippen LogP contribution in [0, 0.1) is 0 Å². The molecule has 0 aromatic heterocycles. The number of carbonyl (C=O) groups is 3. The third kappa shape index (κ3) is 5.34. The van der Waals surface area contributed by atoms with Crippen LogP contribution in [0.4, 0.5) is 4.79 Å². The van der Waals surface area contributed by atoms with E-state index < -0.39 is 30.1 Å².